The number of anilines is 1. The van der Waals surface area contributed by atoms with E-state index >= 15 is 0 Å². The van der Waals surface area contributed by atoms with Gasteiger partial charge in [-0.2, -0.15) is 0 Å². The molecule has 36 heteroatoms. The molecule has 0 spiro atoms. The van der Waals surface area contributed by atoms with Crippen LogP contribution in [0.15, 0.2) is 84.0 Å². The van der Waals surface area contributed by atoms with Crippen LogP contribution in [0.3, 0.4) is 0 Å². The lowest BCUT2D eigenvalue weighted by molar-refractivity contribution is -0.393. The fraction of sp³-hybridized carbons (Fsp3) is 0.448. The van der Waals surface area contributed by atoms with E-state index in [1.807, 2.05) is 18.2 Å². The van der Waals surface area contributed by atoms with Crippen molar-refractivity contribution in [1.82, 2.24) is 63.3 Å². The number of hydrogen-bond donors (Lipinski definition) is 17. The highest BCUT2D eigenvalue weighted by Crippen LogP contribution is 2.29. The van der Waals surface area contributed by atoms with Crippen molar-refractivity contribution in [2.75, 3.05) is 32.0 Å². The Kier molecular flexibility index (Phi) is 27.4. The Balaban J connectivity index is 1.28. The van der Waals surface area contributed by atoms with Gasteiger partial charge in [-0.3, -0.25) is 78.6 Å². The number of para-hydroxylation sites is 1. The molecule has 2 heterocycles. The number of H-pyrrole nitrogens is 1. The van der Waals surface area contributed by atoms with E-state index in [9.17, 15) is 83.2 Å². The lowest BCUT2D eigenvalue weighted by atomic mass is 10.0. The lowest BCUT2D eigenvalue weighted by Crippen LogP contribution is -2.62. The minimum Gasteiger partial charge on any atom is -0.391 e. The number of aliphatic hydroxyl groups is 2. The van der Waals surface area contributed by atoms with Crippen LogP contribution >= 0.6 is 0 Å². The van der Waals surface area contributed by atoms with E-state index in [1.165, 1.54) is 7.05 Å². The molecule has 1 fully saturated rings. The average Bonchev–Trinajstić information content (AvgIpc) is 1.63. The Morgan fingerprint density at radius 1 is 0.723 bits per heavy atom. The molecule has 1 aliphatic heterocycles. The number of urea groups is 1. The summed E-state index contributed by atoms with van der Waals surface area (Å²) in [6.45, 7) is 4.70. The maximum atomic E-state index is 14.1. The van der Waals surface area contributed by atoms with Gasteiger partial charge in [0.15, 0.2) is 5.96 Å². The summed E-state index contributed by atoms with van der Waals surface area (Å²) in [5, 5.41) is 68.0. The molecule has 3 aromatic carbocycles. The first-order valence-corrected chi connectivity index (χ1v) is 29.6. The Morgan fingerprint density at radius 3 is 2.00 bits per heavy atom. The van der Waals surface area contributed by atoms with Gasteiger partial charge >= 0.3 is 6.03 Å². The molecule has 12 amide bonds. The lowest BCUT2D eigenvalue weighted by Gasteiger charge is -2.30. The van der Waals surface area contributed by atoms with Crippen molar-refractivity contribution < 1.29 is 72.8 Å². The van der Waals surface area contributed by atoms with Gasteiger partial charge in [0.2, 0.25) is 53.2 Å². The Hall–Kier alpha value is -11.0. The number of likely N-dealkylation sites (tertiary alicyclic amines) is 1. The zero-order valence-electron chi connectivity index (χ0n) is 52.0. The fourth-order valence-electron chi connectivity index (χ4n) is 10.0. The van der Waals surface area contributed by atoms with Gasteiger partial charge in [0, 0.05) is 76.0 Å². The van der Waals surface area contributed by atoms with E-state index < -0.39 is 173 Å². The van der Waals surface area contributed by atoms with Crippen LogP contribution in [-0.2, 0) is 60.8 Å². The van der Waals surface area contributed by atoms with Gasteiger partial charge < -0.3 is 85.1 Å². The number of nitro benzene ring substituents is 2. The number of benzene rings is 3. The number of aromatic amines is 1. The van der Waals surface area contributed by atoms with E-state index in [4.69, 9.17) is 17.2 Å². The number of hydrogen-bond acceptors (Lipinski definition) is 19. The summed E-state index contributed by atoms with van der Waals surface area (Å²) in [7, 11) is 1.46. The molecule has 10 atom stereocenters. The predicted molar refractivity (Wildman–Crippen MR) is 336 cm³/mol. The molecular weight excluding hydrogens is 1230 g/mol. The van der Waals surface area contributed by atoms with Crippen LogP contribution in [0.4, 0.5) is 21.9 Å². The predicted octanol–water partition coefficient (Wildman–Crippen LogP) is -3.43. The number of nitrogens with one attached hydrogen (secondary N) is 12. The van der Waals surface area contributed by atoms with Crippen molar-refractivity contribution in [3.63, 3.8) is 0 Å². The molecule has 4 aromatic rings. The van der Waals surface area contributed by atoms with Crippen molar-refractivity contribution in [1.29, 1.82) is 0 Å². The van der Waals surface area contributed by atoms with Crippen LogP contribution in [-0.4, -0.2) is 188 Å². The first kappa shape index (κ1) is 73.7. The van der Waals surface area contributed by atoms with E-state index in [0.717, 1.165) is 41.8 Å². The third kappa shape index (κ3) is 22.1. The number of aliphatic hydroxyl groups excluding tert-OH is 2. The second-order valence-corrected chi connectivity index (χ2v) is 22.5. The normalized spacial score (nSPS) is 16.2. The quantitative estimate of drug-likeness (QED) is 0.00726. The maximum absolute atomic E-state index is 14.1. The number of β-amino-alcohol motifs (C(OH)–C–C–N with tert-alkyl or cyclic N) is 1. The number of aliphatic imine (C=N–C) groups is 1. The summed E-state index contributed by atoms with van der Waals surface area (Å²) < 4.78 is 0. The van der Waals surface area contributed by atoms with Gasteiger partial charge in [0.05, 0.1) is 34.5 Å². The van der Waals surface area contributed by atoms with Crippen molar-refractivity contribution in [3.05, 3.63) is 110 Å². The zero-order chi connectivity index (χ0) is 69.5. The van der Waals surface area contributed by atoms with E-state index in [2.05, 4.69) is 68.7 Å². The fourth-order valence-corrected chi connectivity index (χ4v) is 10.0. The molecule has 20 N–H and O–H groups in total. The molecule has 0 bridgehead atoms. The van der Waals surface area contributed by atoms with E-state index in [1.54, 1.807) is 56.4 Å². The number of nitrogens with two attached hydrogens (primary N) is 3. The number of carbonyl (C=O) groups excluding carboxylic acids is 11. The SMILES string of the molecule is CN=C(N)NCCC[C@H](NC(=O)[C@H](CC(C)C)NC(=O)NNC(=O)[C@H](Cc1ccccc1)NC(=O)[C@@H](NC(=O)[C@H](CC(N)=O)NC(=O)[C@@H]1C[C@@H](O)CN1C(=O)[C@H](CNc1ccc([N+](=O)[O-])cc1[N+](=O)[O-])NC(C)=O)[C@@H](C)O)C(=O)N[C@@H](Cc1c[nH]c2ccccc12)C(N)=O. The molecule has 1 aromatic heterocycles. The number of guanidine groups is 1. The smallest absolute Gasteiger partial charge is 0.334 e. The van der Waals surface area contributed by atoms with Crippen LogP contribution in [0.5, 0.6) is 0 Å². The average molecular weight is 1310 g/mol. The molecule has 508 valence electrons. The van der Waals surface area contributed by atoms with Crippen molar-refractivity contribution in [2.45, 2.75) is 133 Å². The summed E-state index contributed by atoms with van der Waals surface area (Å²) in [5.41, 5.74) is 21.6. The Labute approximate surface area is 537 Å². The van der Waals surface area contributed by atoms with E-state index in [0.29, 0.717) is 17.2 Å². The van der Waals surface area contributed by atoms with Crippen molar-refractivity contribution >= 4 is 99.0 Å². The topological polar surface area (TPSA) is 556 Å². The number of nitro groups is 2. The molecule has 0 radical (unpaired) electrons. The third-order valence-corrected chi connectivity index (χ3v) is 14.7. The second kappa shape index (κ2) is 35.0. The van der Waals surface area contributed by atoms with Crippen LogP contribution < -0.4 is 75.9 Å². The van der Waals surface area contributed by atoms with Gasteiger partial charge in [0.1, 0.15) is 54.0 Å². The number of primary amides is 2. The molecule has 0 unspecified atom stereocenters. The summed E-state index contributed by atoms with van der Waals surface area (Å²) >= 11 is 0. The van der Waals surface area contributed by atoms with Gasteiger partial charge in [-0.25, -0.2) is 10.2 Å². The molecule has 5 rings (SSSR count). The standard InChI is InChI=1S/C58H79N19O17/c1-29(2)20-41(51(84)67-39(16-11-19-63-57(61)62-5)50(83)68-40(49(60)82)22-33-26-64-37-15-10-9-14-36(33)37)71-58(90)74-73-53(86)42(21-32-12-7-6-8-13-32)70-55(88)48(30(3)78)72-52(85)43(25-47(59)81)69-54(87)46-24-35(80)28-75(46)56(89)44(66-31(4)79)27-65-38-18-17-34(76(91)92)23-45(38)77(93)94/h6-10,12-15,17-18,23,26,29-30,35,39-44,46,48,64-65,78,80H,11,16,19-22,24-25,27-28H2,1-5H3,(H2,59,81)(H2,60,82)(H,66,79)(H,67,84)(H,68,83)(H,69,87)(H,70,88)(H,72,85)(H,73,86)(H3,61,62,63)(H2,71,74,90)/t30-,35-,39+,40+,41+,42+,43+,44+,46+,48+/m1/s1. The van der Waals surface area contributed by atoms with Gasteiger partial charge in [0.25, 0.3) is 17.3 Å². The summed E-state index contributed by atoms with van der Waals surface area (Å²) in [5.74, 6) is -10.3. The minimum atomic E-state index is -1.96. The molecule has 0 aliphatic carbocycles. The van der Waals surface area contributed by atoms with Gasteiger partial charge in [-0.1, -0.05) is 62.4 Å². The first-order valence-electron chi connectivity index (χ1n) is 29.6. The van der Waals surface area contributed by atoms with Crippen molar-refractivity contribution in [2.24, 2.45) is 28.1 Å². The number of rotatable bonds is 33. The van der Waals surface area contributed by atoms with E-state index in [-0.39, 0.29) is 56.2 Å². The highest BCUT2D eigenvalue weighted by molar-refractivity contribution is 5.99. The minimum absolute atomic E-state index is 0.000666. The molecular formula is C58H79N19O17. The summed E-state index contributed by atoms with van der Waals surface area (Å²) in [4.78, 5) is 179. The molecule has 0 saturated carbocycles. The number of nitrogens with zero attached hydrogens (tertiary/aromatic N) is 4. The van der Waals surface area contributed by atoms with Crippen LogP contribution in [0.2, 0.25) is 0 Å². The van der Waals surface area contributed by atoms with Crippen LogP contribution in [0.1, 0.15) is 70.9 Å². The summed E-state index contributed by atoms with van der Waals surface area (Å²) in [6, 6.07) is 4.21. The van der Waals surface area contributed by atoms with Crippen molar-refractivity contribution in [3.8, 4) is 0 Å². The number of non-ortho nitro benzene ring substituents is 1. The number of amides is 12. The number of fused-ring (bicyclic) bond motifs is 1. The van der Waals surface area contributed by atoms with Crippen LogP contribution in [0, 0.1) is 26.1 Å². The molecule has 1 saturated heterocycles. The molecule has 94 heavy (non-hydrogen) atoms. The number of aromatic nitrogens is 1. The Bertz CT molecular complexity index is 3460. The van der Waals surface area contributed by atoms with Gasteiger partial charge in [-0.15, -0.1) is 0 Å². The highest BCUT2D eigenvalue weighted by atomic mass is 16.6. The monoisotopic (exact) mass is 1310 g/mol. The van der Waals surface area contributed by atoms with Crippen LogP contribution in [0.25, 0.3) is 10.9 Å². The summed E-state index contributed by atoms with van der Waals surface area (Å²) in [6.07, 6.45) is -2.95. The second-order valence-electron chi connectivity index (χ2n) is 22.5. The largest absolute Gasteiger partial charge is 0.391 e. The number of hydrazine groups is 1. The highest BCUT2D eigenvalue weighted by Gasteiger charge is 2.43. The van der Waals surface area contributed by atoms with Gasteiger partial charge in [-0.05, 0) is 55.4 Å². The first-order chi connectivity index (χ1) is 44.5. The maximum Gasteiger partial charge on any atom is 0.334 e. The zero-order valence-corrected chi connectivity index (χ0v) is 52.0. The molecule has 36 nitrogen and oxygen atoms in total. The molecule has 1 aliphatic rings. The number of carbonyl (C=O) groups is 11. The Morgan fingerprint density at radius 2 is 1.37 bits per heavy atom. The third-order valence-electron chi connectivity index (χ3n) is 14.7.